The Labute approximate surface area is 112 Å². The first kappa shape index (κ1) is 15.8. The molecule has 108 valence electrons. The zero-order valence-electron chi connectivity index (χ0n) is 10.8. The van der Waals surface area contributed by atoms with Gasteiger partial charge in [-0.05, 0) is 6.42 Å². The molecule has 1 rings (SSSR count). The molecule has 0 aliphatic carbocycles. The molecule has 8 nitrogen and oxygen atoms in total. The van der Waals surface area contributed by atoms with E-state index in [0.717, 1.165) is 12.8 Å². The maximum absolute atomic E-state index is 11.8. The third-order valence-electron chi connectivity index (χ3n) is 2.25. The van der Waals surface area contributed by atoms with Crippen molar-refractivity contribution in [2.45, 2.75) is 24.7 Å². The van der Waals surface area contributed by atoms with Crippen LogP contribution < -0.4 is 16.0 Å². The molecule has 0 amide bonds. The molecule has 0 saturated heterocycles. The first-order valence-electron chi connectivity index (χ1n) is 5.96. The number of nitrogens with two attached hydrogens (primary N) is 1. The predicted molar refractivity (Wildman–Crippen MR) is 70.8 cm³/mol. The van der Waals surface area contributed by atoms with Gasteiger partial charge < -0.3 is 4.74 Å². The molecule has 1 heterocycles. The van der Waals surface area contributed by atoms with Gasteiger partial charge in [0.05, 0.1) is 19.0 Å². The van der Waals surface area contributed by atoms with Crippen molar-refractivity contribution in [3.05, 3.63) is 12.4 Å². The Morgan fingerprint density at radius 2 is 2.00 bits per heavy atom. The van der Waals surface area contributed by atoms with Crippen LogP contribution in [-0.4, -0.2) is 38.1 Å². The van der Waals surface area contributed by atoms with Gasteiger partial charge in [-0.3, -0.25) is 5.43 Å². The number of hydrogen-bond donors (Lipinski definition) is 3. The van der Waals surface area contributed by atoms with E-state index < -0.39 is 10.0 Å². The van der Waals surface area contributed by atoms with Crippen molar-refractivity contribution in [3.8, 4) is 0 Å². The number of hydrazine groups is 1. The molecule has 1 aromatic heterocycles. The van der Waals surface area contributed by atoms with Gasteiger partial charge in [0.15, 0.2) is 0 Å². The van der Waals surface area contributed by atoms with Crippen LogP contribution in [0.3, 0.4) is 0 Å². The molecule has 0 atom stereocenters. The minimum Gasteiger partial charge on any atom is -0.380 e. The van der Waals surface area contributed by atoms with Gasteiger partial charge in [-0.25, -0.2) is 29.0 Å². The summed E-state index contributed by atoms with van der Waals surface area (Å²) in [7, 11) is -3.60. The van der Waals surface area contributed by atoms with Crippen LogP contribution in [0.4, 0.5) is 5.95 Å². The summed E-state index contributed by atoms with van der Waals surface area (Å²) in [5.74, 6) is 5.24. The first-order valence-corrected chi connectivity index (χ1v) is 7.44. The fraction of sp³-hybridized carbons (Fsp3) is 0.600. The molecule has 0 bridgehead atoms. The number of hydrogen-bond acceptors (Lipinski definition) is 7. The average molecular weight is 289 g/mol. The number of anilines is 1. The summed E-state index contributed by atoms with van der Waals surface area (Å²) in [5.41, 5.74) is 2.22. The van der Waals surface area contributed by atoms with Gasteiger partial charge >= 0.3 is 0 Å². The molecule has 0 spiro atoms. The van der Waals surface area contributed by atoms with Crippen molar-refractivity contribution in [3.63, 3.8) is 0 Å². The minimum atomic E-state index is -3.60. The molecular weight excluding hydrogens is 270 g/mol. The number of sulfonamides is 1. The zero-order valence-corrected chi connectivity index (χ0v) is 11.6. The van der Waals surface area contributed by atoms with Crippen molar-refractivity contribution in [2.24, 2.45) is 5.84 Å². The fourth-order valence-electron chi connectivity index (χ4n) is 1.21. The van der Waals surface area contributed by atoms with Crippen LogP contribution in [0.1, 0.15) is 19.8 Å². The number of nitrogen functional groups attached to an aromatic ring is 1. The molecule has 0 unspecified atom stereocenters. The van der Waals surface area contributed by atoms with Crippen LogP contribution in [0, 0.1) is 0 Å². The number of rotatable bonds is 9. The van der Waals surface area contributed by atoms with Crippen LogP contribution in [0.2, 0.25) is 0 Å². The highest BCUT2D eigenvalue weighted by atomic mass is 32.2. The van der Waals surface area contributed by atoms with Crippen LogP contribution in [0.15, 0.2) is 17.3 Å². The normalized spacial score (nSPS) is 11.5. The van der Waals surface area contributed by atoms with Crippen molar-refractivity contribution in [1.82, 2.24) is 14.7 Å². The van der Waals surface area contributed by atoms with E-state index in [4.69, 9.17) is 10.6 Å². The summed E-state index contributed by atoms with van der Waals surface area (Å²) in [4.78, 5) is 7.46. The summed E-state index contributed by atoms with van der Waals surface area (Å²) in [6, 6.07) is 0. The molecule has 0 saturated carbocycles. The van der Waals surface area contributed by atoms with Gasteiger partial charge in [-0.15, -0.1) is 0 Å². The van der Waals surface area contributed by atoms with Crippen molar-refractivity contribution in [1.29, 1.82) is 0 Å². The van der Waals surface area contributed by atoms with Gasteiger partial charge in [0.25, 0.3) is 0 Å². The van der Waals surface area contributed by atoms with E-state index >= 15 is 0 Å². The standard InChI is InChI=1S/C10H19N5O3S/c1-2-3-5-18-6-4-14-19(16,17)9-7-12-10(15-11)13-8-9/h7-8,14H,2-6,11H2,1H3,(H,12,13,15). The second-order valence-corrected chi connectivity index (χ2v) is 5.52. The van der Waals surface area contributed by atoms with E-state index in [1.165, 1.54) is 12.4 Å². The van der Waals surface area contributed by atoms with Crippen molar-refractivity contribution in [2.75, 3.05) is 25.2 Å². The lowest BCUT2D eigenvalue weighted by Gasteiger charge is -2.07. The lowest BCUT2D eigenvalue weighted by Crippen LogP contribution is -2.28. The smallest absolute Gasteiger partial charge is 0.243 e. The van der Waals surface area contributed by atoms with E-state index in [-0.39, 0.29) is 17.4 Å². The number of aromatic nitrogens is 2. The SMILES string of the molecule is CCCCOCCNS(=O)(=O)c1cnc(NN)nc1. The van der Waals surface area contributed by atoms with E-state index in [2.05, 4.69) is 27.0 Å². The van der Waals surface area contributed by atoms with Gasteiger partial charge in [-0.2, -0.15) is 0 Å². The molecular formula is C10H19N5O3S. The van der Waals surface area contributed by atoms with Crippen LogP contribution in [0.5, 0.6) is 0 Å². The largest absolute Gasteiger partial charge is 0.380 e. The van der Waals surface area contributed by atoms with Gasteiger partial charge in [0.1, 0.15) is 4.90 Å². The Hall–Kier alpha value is -1.29. The predicted octanol–water partition coefficient (Wildman–Crippen LogP) is -0.143. The zero-order chi connectivity index (χ0) is 14.1. The molecule has 19 heavy (non-hydrogen) atoms. The minimum absolute atomic E-state index is 0.0138. The molecule has 0 aromatic carbocycles. The topological polar surface area (TPSA) is 119 Å². The van der Waals surface area contributed by atoms with Crippen molar-refractivity contribution < 1.29 is 13.2 Å². The van der Waals surface area contributed by atoms with Crippen molar-refractivity contribution >= 4 is 16.0 Å². The van der Waals surface area contributed by atoms with E-state index in [0.29, 0.717) is 13.2 Å². The Balaban J connectivity index is 2.42. The highest BCUT2D eigenvalue weighted by Gasteiger charge is 2.14. The number of nitrogens with one attached hydrogen (secondary N) is 2. The number of ether oxygens (including phenoxy) is 1. The molecule has 0 fully saturated rings. The first-order chi connectivity index (χ1) is 9.10. The second kappa shape index (κ2) is 8.00. The number of unbranched alkanes of at least 4 members (excludes halogenated alkanes) is 1. The highest BCUT2D eigenvalue weighted by Crippen LogP contribution is 2.06. The van der Waals surface area contributed by atoms with Crippen LogP contribution >= 0.6 is 0 Å². The second-order valence-electron chi connectivity index (χ2n) is 3.75. The number of nitrogens with zero attached hydrogens (tertiary/aromatic N) is 2. The Kier molecular flexibility index (Phi) is 6.64. The van der Waals surface area contributed by atoms with E-state index in [1.54, 1.807) is 0 Å². The van der Waals surface area contributed by atoms with Gasteiger partial charge in [-0.1, -0.05) is 13.3 Å². The average Bonchev–Trinajstić information content (AvgIpc) is 2.43. The molecule has 4 N–H and O–H groups in total. The van der Waals surface area contributed by atoms with Crippen LogP contribution in [0.25, 0.3) is 0 Å². The third kappa shape index (κ3) is 5.47. The fourth-order valence-corrected chi connectivity index (χ4v) is 2.11. The summed E-state index contributed by atoms with van der Waals surface area (Å²) in [5, 5.41) is 0. The molecule has 0 aliphatic rings. The summed E-state index contributed by atoms with van der Waals surface area (Å²) in [6.07, 6.45) is 4.38. The monoisotopic (exact) mass is 289 g/mol. The lowest BCUT2D eigenvalue weighted by molar-refractivity contribution is 0.136. The summed E-state index contributed by atoms with van der Waals surface area (Å²) in [6.45, 7) is 3.25. The van der Waals surface area contributed by atoms with E-state index in [9.17, 15) is 8.42 Å². The Morgan fingerprint density at radius 3 is 2.58 bits per heavy atom. The molecule has 0 radical (unpaired) electrons. The highest BCUT2D eigenvalue weighted by molar-refractivity contribution is 7.89. The maximum Gasteiger partial charge on any atom is 0.243 e. The third-order valence-corrected chi connectivity index (χ3v) is 3.66. The Bertz CT molecular complexity index is 463. The van der Waals surface area contributed by atoms with E-state index in [1.807, 2.05) is 0 Å². The lowest BCUT2D eigenvalue weighted by atomic mass is 10.4. The van der Waals surface area contributed by atoms with Gasteiger partial charge in [0, 0.05) is 13.2 Å². The van der Waals surface area contributed by atoms with Gasteiger partial charge in [0.2, 0.25) is 16.0 Å². The summed E-state index contributed by atoms with van der Waals surface area (Å²) < 4.78 is 31.3. The quantitative estimate of drug-likeness (QED) is 0.329. The summed E-state index contributed by atoms with van der Waals surface area (Å²) >= 11 is 0. The Morgan fingerprint density at radius 1 is 1.32 bits per heavy atom. The molecule has 0 aliphatic heterocycles. The maximum atomic E-state index is 11.8. The van der Waals surface area contributed by atoms with Crippen LogP contribution in [-0.2, 0) is 14.8 Å². The molecule has 1 aromatic rings. The molecule has 9 heteroatoms.